The van der Waals surface area contributed by atoms with Gasteiger partial charge in [0.1, 0.15) is 5.82 Å². The van der Waals surface area contributed by atoms with Crippen LogP contribution in [-0.2, 0) is 19.4 Å². The minimum Gasteiger partial charge on any atom is -0.356 e. The minimum absolute atomic E-state index is 0.475. The van der Waals surface area contributed by atoms with Crippen LogP contribution in [0.1, 0.15) is 74.6 Å². The summed E-state index contributed by atoms with van der Waals surface area (Å²) in [6, 6.07) is 11.0. The smallest absolute Gasteiger partial charge is 0.224 e. The van der Waals surface area contributed by atoms with Crippen molar-refractivity contribution in [2.75, 3.05) is 36.4 Å². The van der Waals surface area contributed by atoms with E-state index in [-0.39, 0.29) is 0 Å². The summed E-state index contributed by atoms with van der Waals surface area (Å²) in [4.78, 5) is 15.4. The van der Waals surface area contributed by atoms with Gasteiger partial charge in [0.05, 0.1) is 17.6 Å². The first-order valence-electron chi connectivity index (χ1n) is 14.6. The van der Waals surface area contributed by atoms with Crippen molar-refractivity contribution in [1.29, 1.82) is 0 Å². The number of hydrogen-bond donors (Lipinski definition) is 2. The van der Waals surface area contributed by atoms with Gasteiger partial charge in [-0.3, -0.25) is 10.00 Å². The SMILES string of the molecule is c1ccc(-c2[nH]ncc2CN2CCCC2CNc2nc3c(c(N4CCCCCC4)n2)CCCCC3)cc1. The number of nitrogens with one attached hydrogen (secondary N) is 2. The molecule has 2 aromatic heterocycles. The van der Waals surface area contributed by atoms with Crippen LogP contribution in [0.5, 0.6) is 0 Å². The Morgan fingerprint density at radius 1 is 0.865 bits per heavy atom. The van der Waals surface area contributed by atoms with Crippen LogP contribution in [0.2, 0.25) is 0 Å². The standard InChI is InChI=1S/C30H41N7/c1-2-10-18-36(17-9-1)29-26-15-7-4-8-16-27(26)33-30(34-29)31-21-25-14-11-19-37(25)22-24-20-32-35-28(24)23-12-5-3-6-13-23/h3,5-6,12-13,20,25H,1-2,4,7-11,14-19,21-22H2,(H,32,35)(H,31,33,34). The summed E-state index contributed by atoms with van der Waals surface area (Å²) in [5.41, 5.74) is 6.32. The van der Waals surface area contributed by atoms with Gasteiger partial charge in [-0.15, -0.1) is 0 Å². The number of benzene rings is 1. The molecule has 7 nitrogen and oxygen atoms in total. The van der Waals surface area contributed by atoms with Gasteiger partial charge in [0, 0.05) is 43.3 Å². The molecule has 1 atom stereocenters. The number of aromatic nitrogens is 4. The third-order valence-corrected chi connectivity index (χ3v) is 8.47. The van der Waals surface area contributed by atoms with Crippen molar-refractivity contribution < 1.29 is 0 Å². The van der Waals surface area contributed by atoms with E-state index in [0.29, 0.717) is 6.04 Å². The highest BCUT2D eigenvalue weighted by Gasteiger charge is 2.27. The van der Waals surface area contributed by atoms with Crippen molar-refractivity contribution >= 4 is 11.8 Å². The summed E-state index contributed by atoms with van der Waals surface area (Å²) in [5, 5.41) is 11.3. The van der Waals surface area contributed by atoms with Crippen molar-refractivity contribution in [3.63, 3.8) is 0 Å². The summed E-state index contributed by atoms with van der Waals surface area (Å²) in [5.74, 6) is 2.06. The Balaban J connectivity index is 1.17. The Morgan fingerprint density at radius 2 is 1.68 bits per heavy atom. The highest BCUT2D eigenvalue weighted by atomic mass is 15.3. The molecule has 2 aliphatic heterocycles. The van der Waals surface area contributed by atoms with E-state index in [1.807, 2.05) is 6.20 Å². The first-order valence-corrected chi connectivity index (χ1v) is 14.6. The molecule has 0 radical (unpaired) electrons. The normalized spacial score (nSPS) is 20.9. The number of nitrogens with zero attached hydrogens (tertiary/aromatic N) is 5. The van der Waals surface area contributed by atoms with E-state index in [2.05, 4.69) is 55.6 Å². The van der Waals surface area contributed by atoms with Crippen molar-refractivity contribution in [3.05, 3.63) is 53.3 Å². The Bertz CT molecular complexity index is 1150. The van der Waals surface area contributed by atoms with Gasteiger partial charge in [-0.25, -0.2) is 4.98 Å². The summed E-state index contributed by atoms with van der Waals surface area (Å²) in [6.45, 7) is 5.19. The number of aromatic amines is 1. The van der Waals surface area contributed by atoms with Crippen LogP contribution in [0.4, 0.5) is 11.8 Å². The van der Waals surface area contributed by atoms with E-state index < -0.39 is 0 Å². The lowest BCUT2D eigenvalue weighted by Gasteiger charge is -2.27. The summed E-state index contributed by atoms with van der Waals surface area (Å²) in [6.07, 6.45) is 15.7. The van der Waals surface area contributed by atoms with E-state index in [1.54, 1.807) is 0 Å². The zero-order chi connectivity index (χ0) is 24.9. The highest BCUT2D eigenvalue weighted by molar-refractivity contribution is 5.62. The Hall–Kier alpha value is -2.93. The number of rotatable bonds is 7. The van der Waals surface area contributed by atoms with Crippen LogP contribution < -0.4 is 10.2 Å². The second-order valence-electron chi connectivity index (χ2n) is 11.0. The van der Waals surface area contributed by atoms with Gasteiger partial charge < -0.3 is 10.2 Å². The van der Waals surface area contributed by atoms with E-state index in [1.165, 1.54) is 86.0 Å². The van der Waals surface area contributed by atoms with Crippen LogP contribution in [0.3, 0.4) is 0 Å². The number of H-pyrrole nitrogens is 1. The molecule has 2 N–H and O–H groups in total. The molecule has 0 amide bonds. The molecule has 1 aromatic carbocycles. The maximum absolute atomic E-state index is 5.18. The van der Waals surface area contributed by atoms with Gasteiger partial charge in [0.15, 0.2) is 0 Å². The lowest BCUT2D eigenvalue weighted by molar-refractivity contribution is 0.254. The van der Waals surface area contributed by atoms with Gasteiger partial charge in [-0.05, 0) is 63.5 Å². The molecule has 0 spiro atoms. The van der Waals surface area contributed by atoms with E-state index >= 15 is 0 Å². The van der Waals surface area contributed by atoms with Gasteiger partial charge in [-0.1, -0.05) is 49.6 Å². The summed E-state index contributed by atoms with van der Waals surface area (Å²) < 4.78 is 0. The third-order valence-electron chi connectivity index (χ3n) is 8.47. The fraction of sp³-hybridized carbons (Fsp3) is 0.567. The zero-order valence-corrected chi connectivity index (χ0v) is 22.1. The first-order chi connectivity index (χ1) is 18.3. The largest absolute Gasteiger partial charge is 0.356 e. The van der Waals surface area contributed by atoms with Gasteiger partial charge in [0.25, 0.3) is 0 Å². The predicted octanol–water partition coefficient (Wildman–Crippen LogP) is 5.59. The van der Waals surface area contributed by atoms with Crippen molar-refractivity contribution in [2.45, 2.75) is 83.2 Å². The minimum atomic E-state index is 0.475. The second kappa shape index (κ2) is 11.6. The molecule has 4 heterocycles. The highest BCUT2D eigenvalue weighted by Crippen LogP contribution is 2.31. The Kier molecular flexibility index (Phi) is 7.67. The van der Waals surface area contributed by atoms with Crippen LogP contribution in [0, 0.1) is 0 Å². The molecular formula is C30H41N7. The molecule has 0 saturated carbocycles. The zero-order valence-electron chi connectivity index (χ0n) is 22.1. The summed E-state index contributed by atoms with van der Waals surface area (Å²) in [7, 11) is 0. The topological polar surface area (TPSA) is 73.0 Å². The fourth-order valence-electron chi connectivity index (χ4n) is 6.42. The molecule has 1 aliphatic carbocycles. The molecular weight excluding hydrogens is 458 g/mol. The summed E-state index contributed by atoms with van der Waals surface area (Å²) >= 11 is 0. The number of likely N-dealkylation sites (tertiary alicyclic amines) is 1. The van der Waals surface area contributed by atoms with Crippen LogP contribution >= 0.6 is 0 Å². The number of hydrogen-bond acceptors (Lipinski definition) is 6. The van der Waals surface area contributed by atoms with Gasteiger partial charge in [-0.2, -0.15) is 10.1 Å². The maximum Gasteiger partial charge on any atom is 0.224 e. The lowest BCUT2D eigenvalue weighted by atomic mass is 10.1. The molecule has 37 heavy (non-hydrogen) atoms. The van der Waals surface area contributed by atoms with Gasteiger partial charge in [0.2, 0.25) is 5.95 Å². The molecule has 0 bridgehead atoms. The second-order valence-corrected chi connectivity index (χ2v) is 11.0. The quantitative estimate of drug-likeness (QED) is 0.413. The van der Waals surface area contributed by atoms with Crippen LogP contribution in [0.15, 0.2) is 36.5 Å². The maximum atomic E-state index is 5.18. The number of fused-ring (bicyclic) bond motifs is 1. The third kappa shape index (κ3) is 5.66. The van der Waals surface area contributed by atoms with E-state index in [0.717, 1.165) is 57.2 Å². The van der Waals surface area contributed by atoms with Crippen molar-refractivity contribution in [2.24, 2.45) is 0 Å². The molecule has 3 aromatic rings. The molecule has 2 fully saturated rings. The molecule has 7 heteroatoms. The van der Waals surface area contributed by atoms with Crippen LogP contribution in [0.25, 0.3) is 11.3 Å². The number of aryl methyl sites for hydroxylation is 1. The first kappa shape index (κ1) is 24.4. The number of anilines is 2. The Labute approximate surface area is 221 Å². The molecule has 2 saturated heterocycles. The van der Waals surface area contributed by atoms with E-state index in [4.69, 9.17) is 9.97 Å². The molecule has 196 valence electrons. The van der Waals surface area contributed by atoms with E-state index in [9.17, 15) is 0 Å². The van der Waals surface area contributed by atoms with Crippen molar-refractivity contribution in [1.82, 2.24) is 25.1 Å². The molecule has 6 rings (SSSR count). The lowest BCUT2D eigenvalue weighted by Crippen LogP contribution is -2.35. The van der Waals surface area contributed by atoms with Crippen LogP contribution in [-0.4, -0.2) is 57.3 Å². The van der Waals surface area contributed by atoms with Gasteiger partial charge >= 0.3 is 0 Å². The average molecular weight is 500 g/mol. The molecule has 3 aliphatic rings. The predicted molar refractivity (Wildman–Crippen MR) is 150 cm³/mol. The fourth-order valence-corrected chi connectivity index (χ4v) is 6.42. The Morgan fingerprint density at radius 3 is 2.54 bits per heavy atom. The monoisotopic (exact) mass is 499 g/mol. The van der Waals surface area contributed by atoms with Crippen molar-refractivity contribution in [3.8, 4) is 11.3 Å². The molecule has 1 unspecified atom stereocenters. The average Bonchev–Trinajstić information content (AvgIpc) is 3.39.